The molecule has 1 spiro atoms. The van der Waals surface area contributed by atoms with E-state index < -0.39 is 0 Å². The molecule has 2 aliphatic heterocycles. The number of anilines is 1. The van der Waals surface area contributed by atoms with Crippen molar-refractivity contribution in [1.82, 2.24) is 9.80 Å². The van der Waals surface area contributed by atoms with Gasteiger partial charge < -0.3 is 14.7 Å². The van der Waals surface area contributed by atoms with Crippen LogP contribution in [-0.4, -0.2) is 61.4 Å². The van der Waals surface area contributed by atoms with Gasteiger partial charge in [-0.15, -0.1) is 0 Å². The summed E-state index contributed by atoms with van der Waals surface area (Å²) in [5, 5.41) is 0. The minimum absolute atomic E-state index is 0.337. The lowest BCUT2D eigenvalue weighted by molar-refractivity contribution is -0.134. The Morgan fingerprint density at radius 3 is 2.27 bits per heavy atom. The number of hydrogen-bond acceptors (Lipinski definition) is 3. The van der Waals surface area contributed by atoms with Gasteiger partial charge in [-0.3, -0.25) is 4.79 Å². The maximum Gasteiger partial charge on any atom is 0.250 e. The van der Waals surface area contributed by atoms with Crippen molar-refractivity contribution in [2.24, 2.45) is 11.8 Å². The molecule has 0 aromatic heterocycles. The van der Waals surface area contributed by atoms with E-state index in [1.165, 1.54) is 57.0 Å². The number of benzene rings is 1. The summed E-state index contributed by atoms with van der Waals surface area (Å²) < 4.78 is 0. The van der Waals surface area contributed by atoms with Crippen LogP contribution < -0.4 is 4.90 Å². The smallest absolute Gasteiger partial charge is 0.250 e. The Labute approximate surface area is 203 Å². The topological polar surface area (TPSA) is 26.8 Å². The van der Waals surface area contributed by atoms with Crippen molar-refractivity contribution in [1.29, 1.82) is 0 Å². The van der Waals surface area contributed by atoms with Crippen molar-refractivity contribution in [3.8, 4) is 0 Å². The molecule has 4 rings (SSSR count). The van der Waals surface area contributed by atoms with Crippen molar-refractivity contribution in [2.45, 2.75) is 96.0 Å². The van der Waals surface area contributed by atoms with Gasteiger partial charge in [0.15, 0.2) is 0 Å². The Morgan fingerprint density at radius 2 is 1.64 bits per heavy atom. The molecule has 2 saturated heterocycles. The Balaban J connectivity index is 1.41. The monoisotopic (exact) mass is 451 g/mol. The normalized spacial score (nSPS) is 26.0. The molecule has 2 heterocycles. The Kier molecular flexibility index (Phi) is 8.43. The Bertz CT molecular complexity index is 739. The third kappa shape index (κ3) is 5.44. The third-order valence-electron chi connectivity index (χ3n) is 8.94. The van der Waals surface area contributed by atoms with Gasteiger partial charge in [0.1, 0.15) is 13.4 Å². The van der Waals surface area contributed by atoms with Crippen LogP contribution in [-0.2, 0) is 4.79 Å². The highest BCUT2D eigenvalue weighted by Crippen LogP contribution is 2.41. The second-order valence-electron chi connectivity index (χ2n) is 11.3. The van der Waals surface area contributed by atoms with Gasteiger partial charge >= 0.3 is 0 Å². The highest BCUT2D eigenvalue weighted by molar-refractivity contribution is 6.08. The van der Waals surface area contributed by atoms with E-state index in [0.717, 1.165) is 63.4 Å². The summed E-state index contributed by atoms with van der Waals surface area (Å²) >= 11 is 0. The molecule has 182 valence electrons. The van der Waals surface area contributed by atoms with Crippen molar-refractivity contribution in [3.63, 3.8) is 0 Å². The third-order valence-corrected chi connectivity index (χ3v) is 8.94. The summed E-state index contributed by atoms with van der Waals surface area (Å²) in [6, 6.07) is 11.4. The van der Waals surface area contributed by atoms with Crippen molar-refractivity contribution >= 4 is 19.4 Å². The van der Waals surface area contributed by atoms with Crippen LogP contribution in [0.25, 0.3) is 0 Å². The molecule has 3 aliphatic rings. The van der Waals surface area contributed by atoms with Crippen LogP contribution in [0.4, 0.5) is 5.69 Å². The summed E-state index contributed by atoms with van der Waals surface area (Å²) in [4.78, 5) is 21.2. The number of carbonyl (C=O) groups is 1. The molecular formula is C28H46BN3O. The summed E-state index contributed by atoms with van der Waals surface area (Å²) in [7, 11) is 2.26. The van der Waals surface area contributed by atoms with E-state index in [4.69, 9.17) is 0 Å². The first kappa shape index (κ1) is 24.6. The van der Waals surface area contributed by atoms with Crippen LogP contribution in [0.15, 0.2) is 30.3 Å². The number of unbranched alkanes of at least 4 members (excludes halogenated alkanes) is 3. The molecular weight excluding hydrogens is 405 g/mol. The lowest BCUT2D eigenvalue weighted by atomic mass is 9.78. The van der Waals surface area contributed by atoms with Gasteiger partial charge in [0.05, 0.1) is 6.67 Å². The molecule has 0 unspecified atom stereocenters. The van der Waals surface area contributed by atoms with Gasteiger partial charge in [-0.2, -0.15) is 0 Å². The number of amides is 1. The van der Waals surface area contributed by atoms with Gasteiger partial charge in [0, 0.05) is 31.4 Å². The first-order valence-electron chi connectivity index (χ1n) is 13.9. The highest BCUT2D eigenvalue weighted by Gasteiger charge is 2.53. The maximum atomic E-state index is 13.9. The molecule has 1 aromatic rings. The van der Waals surface area contributed by atoms with Crippen LogP contribution in [0, 0.1) is 11.8 Å². The zero-order chi connectivity index (χ0) is 23.3. The summed E-state index contributed by atoms with van der Waals surface area (Å²) in [6.45, 7) is 8.57. The molecule has 0 radical (unpaired) electrons. The summed E-state index contributed by atoms with van der Waals surface area (Å²) in [5.41, 5.74) is 0.876. The molecule has 1 aromatic carbocycles. The lowest BCUT2D eigenvalue weighted by Gasteiger charge is -2.47. The molecule has 1 amide bonds. The molecule has 1 saturated carbocycles. The number of carbonyl (C=O) groups excluding carboxylic acids is 1. The number of nitrogens with zero attached hydrogens (tertiary/aromatic N) is 3. The van der Waals surface area contributed by atoms with E-state index in [1.54, 1.807) is 0 Å². The number of likely N-dealkylation sites (tertiary alicyclic amines) is 1. The van der Waals surface area contributed by atoms with Crippen LogP contribution in [0.1, 0.15) is 78.1 Å². The minimum Gasteiger partial charge on any atom is -0.339 e. The first-order chi connectivity index (χ1) is 16.0. The van der Waals surface area contributed by atoms with Crippen LogP contribution in [0.2, 0.25) is 6.32 Å². The molecule has 1 aliphatic carbocycles. The largest absolute Gasteiger partial charge is 0.339 e. The van der Waals surface area contributed by atoms with Crippen LogP contribution >= 0.6 is 0 Å². The van der Waals surface area contributed by atoms with Crippen molar-refractivity contribution in [2.75, 3.05) is 31.2 Å². The number of hydrogen-bond donors (Lipinski definition) is 0. The van der Waals surface area contributed by atoms with E-state index in [9.17, 15) is 4.79 Å². The number of para-hydroxylation sites is 1. The standard InChI is InChI=1S/C28H46BN3O/c1-23(2)24-12-14-25(15-13-24)30-20-16-28(17-21-30)27(33)31(19-9-4-3-8-18-29)22-32(28)26-10-6-5-7-11-26/h5-7,10-11,23-25H,3-4,8-9,12-22,29H2,1-2H3/t24-,25+. The predicted octanol–water partition coefficient (Wildman–Crippen LogP) is 4.95. The first-order valence-corrected chi connectivity index (χ1v) is 13.9. The maximum absolute atomic E-state index is 13.9. The second kappa shape index (κ2) is 11.3. The molecule has 5 heteroatoms. The van der Waals surface area contributed by atoms with Crippen molar-refractivity contribution in [3.05, 3.63) is 30.3 Å². The Morgan fingerprint density at radius 1 is 0.970 bits per heavy atom. The van der Waals surface area contributed by atoms with Gasteiger partial charge in [-0.1, -0.05) is 57.6 Å². The quantitative estimate of drug-likeness (QED) is 0.393. The van der Waals surface area contributed by atoms with Gasteiger partial charge in [0.2, 0.25) is 5.91 Å². The number of piperidine rings is 1. The van der Waals surface area contributed by atoms with Gasteiger partial charge in [-0.05, 0) is 68.9 Å². The van der Waals surface area contributed by atoms with Gasteiger partial charge in [0.25, 0.3) is 0 Å². The fraction of sp³-hybridized carbons (Fsp3) is 0.750. The molecule has 4 nitrogen and oxygen atoms in total. The molecule has 33 heavy (non-hydrogen) atoms. The average Bonchev–Trinajstić information content (AvgIpc) is 3.11. The lowest BCUT2D eigenvalue weighted by Crippen LogP contribution is -2.58. The summed E-state index contributed by atoms with van der Waals surface area (Å²) in [5.74, 6) is 2.12. The minimum atomic E-state index is -0.337. The molecule has 0 bridgehead atoms. The van der Waals surface area contributed by atoms with E-state index in [1.807, 2.05) is 0 Å². The zero-order valence-electron chi connectivity index (χ0n) is 21.5. The van der Waals surface area contributed by atoms with Crippen molar-refractivity contribution < 1.29 is 4.79 Å². The molecule has 0 atom stereocenters. The Hall–Kier alpha value is -1.49. The fourth-order valence-electron chi connectivity index (χ4n) is 6.67. The number of rotatable bonds is 9. The van der Waals surface area contributed by atoms with E-state index >= 15 is 0 Å². The highest BCUT2D eigenvalue weighted by atomic mass is 16.2. The van der Waals surface area contributed by atoms with E-state index in [-0.39, 0.29) is 5.54 Å². The SMILES string of the molecule is BCCCCCCN1CN(c2ccccc2)C2(CCN([C@H]3CC[C@@H](C(C)C)CC3)CC2)C1=O. The predicted molar refractivity (Wildman–Crippen MR) is 141 cm³/mol. The molecule has 0 N–H and O–H groups in total. The fourth-order valence-corrected chi connectivity index (χ4v) is 6.67. The van der Waals surface area contributed by atoms with Crippen LogP contribution in [0.5, 0.6) is 0 Å². The average molecular weight is 452 g/mol. The zero-order valence-corrected chi connectivity index (χ0v) is 21.5. The van der Waals surface area contributed by atoms with Crippen LogP contribution in [0.3, 0.4) is 0 Å². The molecule has 3 fully saturated rings. The van der Waals surface area contributed by atoms with Gasteiger partial charge in [-0.25, -0.2) is 0 Å². The van der Waals surface area contributed by atoms with E-state index in [2.05, 4.69) is 66.7 Å². The van der Waals surface area contributed by atoms with E-state index in [0.29, 0.717) is 5.91 Å². The second-order valence-corrected chi connectivity index (χ2v) is 11.3. The summed E-state index contributed by atoms with van der Waals surface area (Å²) in [6.07, 6.45) is 13.6.